The Morgan fingerprint density at radius 2 is 1.74 bits per heavy atom. The summed E-state index contributed by atoms with van der Waals surface area (Å²) in [5.41, 5.74) is 3.93. The molecule has 4 N–H and O–H groups in total. The molecular formula is C28H25Cl2N3O6. The molecule has 1 fully saturated rings. The molecule has 2 aromatic heterocycles. The average molecular weight is 570 g/mol. The van der Waals surface area contributed by atoms with E-state index >= 15 is 0 Å². The zero-order chi connectivity index (χ0) is 27.3. The molecular weight excluding hydrogens is 545 g/mol. The van der Waals surface area contributed by atoms with Crippen LogP contribution in [0, 0.1) is 0 Å². The molecule has 1 saturated heterocycles. The number of carbonyl (C=O) groups is 1. The fourth-order valence-electron chi connectivity index (χ4n) is 6.49. The van der Waals surface area contributed by atoms with Crippen LogP contribution in [0.3, 0.4) is 0 Å². The number of aromatic nitrogens is 2. The summed E-state index contributed by atoms with van der Waals surface area (Å²) in [6.07, 6.45) is -5.76. The van der Waals surface area contributed by atoms with Gasteiger partial charge in [0.2, 0.25) is 0 Å². The van der Waals surface area contributed by atoms with Gasteiger partial charge in [-0.2, -0.15) is 0 Å². The first-order chi connectivity index (χ1) is 18.8. The summed E-state index contributed by atoms with van der Waals surface area (Å²) in [5, 5.41) is 36.4. The maximum atomic E-state index is 13.5. The molecule has 2 aliphatic rings. The molecule has 4 heterocycles. The molecule has 202 valence electrons. The van der Waals surface area contributed by atoms with E-state index in [2.05, 4.69) is 4.98 Å². The fourth-order valence-corrected chi connectivity index (χ4v) is 6.97. The van der Waals surface area contributed by atoms with Crippen molar-refractivity contribution < 1.29 is 29.6 Å². The van der Waals surface area contributed by atoms with Crippen molar-refractivity contribution in [1.29, 1.82) is 0 Å². The Morgan fingerprint density at radius 1 is 1.03 bits per heavy atom. The van der Waals surface area contributed by atoms with Gasteiger partial charge in [0.15, 0.2) is 6.23 Å². The van der Waals surface area contributed by atoms with Crippen molar-refractivity contribution in [2.24, 2.45) is 0 Å². The van der Waals surface area contributed by atoms with Crippen molar-refractivity contribution in [2.75, 3.05) is 20.8 Å². The number of amides is 1. The number of aliphatic hydroxyl groups excluding tert-OH is 3. The van der Waals surface area contributed by atoms with Gasteiger partial charge < -0.3 is 39.2 Å². The van der Waals surface area contributed by atoms with Crippen molar-refractivity contribution in [2.45, 2.75) is 37.2 Å². The topological polar surface area (TPSA) is 120 Å². The molecule has 1 amide bonds. The third kappa shape index (κ3) is 3.23. The Labute approximate surface area is 232 Å². The van der Waals surface area contributed by atoms with Crippen molar-refractivity contribution in [3.63, 3.8) is 0 Å². The summed E-state index contributed by atoms with van der Waals surface area (Å²) in [5.74, 6) is -0.103. The Bertz CT molecular complexity index is 1830. The van der Waals surface area contributed by atoms with Gasteiger partial charge in [0.1, 0.15) is 24.4 Å². The van der Waals surface area contributed by atoms with Crippen LogP contribution in [-0.2, 0) is 16.0 Å². The van der Waals surface area contributed by atoms with Crippen LogP contribution in [0.1, 0.15) is 22.1 Å². The molecule has 2 aliphatic heterocycles. The van der Waals surface area contributed by atoms with Crippen LogP contribution < -0.4 is 0 Å². The molecule has 11 heteroatoms. The van der Waals surface area contributed by atoms with E-state index in [1.165, 1.54) is 7.11 Å². The molecule has 9 nitrogen and oxygen atoms in total. The van der Waals surface area contributed by atoms with Gasteiger partial charge in [0, 0.05) is 42.2 Å². The highest BCUT2D eigenvalue weighted by molar-refractivity contribution is 6.40. The highest BCUT2D eigenvalue weighted by atomic mass is 35.5. The van der Waals surface area contributed by atoms with E-state index in [9.17, 15) is 20.1 Å². The number of para-hydroxylation sites is 2. The zero-order valence-electron chi connectivity index (χ0n) is 21.0. The Balaban J connectivity index is 1.69. The second-order valence-electron chi connectivity index (χ2n) is 10.2. The highest BCUT2D eigenvalue weighted by Gasteiger charge is 2.47. The van der Waals surface area contributed by atoms with Gasteiger partial charge in [-0.1, -0.05) is 47.5 Å². The summed E-state index contributed by atoms with van der Waals surface area (Å²) in [7, 11) is 3.15. The normalized spacial score (nSPS) is 25.6. The molecule has 0 radical (unpaired) electrons. The summed E-state index contributed by atoms with van der Waals surface area (Å²) < 4.78 is 13.4. The summed E-state index contributed by atoms with van der Waals surface area (Å²) in [6, 6.07) is 11.0. The molecule has 7 rings (SSSR count). The van der Waals surface area contributed by atoms with Crippen molar-refractivity contribution >= 4 is 72.7 Å². The first kappa shape index (κ1) is 25.1. The Kier molecular flexibility index (Phi) is 5.67. The number of aliphatic hydroxyl groups is 3. The molecule has 0 unspecified atom stereocenters. The van der Waals surface area contributed by atoms with Gasteiger partial charge in [0.25, 0.3) is 5.91 Å². The number of hydrogen-bond donors (Lipinski definition) is 4. The van der Waals surface area contributed by atoms with E-state index in [-0.39, 0.29) is 5.91 Å². The lowest BCUT2D eigenvalue weighted by Crippen LogP contribution is -2.57. The minimum Gasteiger partial charge on any atom is -0.394 e. The number of H-pyrrole nitrogens is 1. The van der Waals surface area contributed by atoms with Gasteiger partial charge in [-0.15, -0.1) is 0 Å². The zero-order valence-corrected chi connectivity index (χ0v) is 22.5. The molecule has 3 aromatic carbocycles. The standard InChI is InChI=1S/C28H25Cl2N3O6/c1-32-9-13-17-12-6-4-8-15(30)22(12)33(28-25(36)24(35)26(38-2)16(10-34)39-28)23(17)21-18(19(13)27(32)37)11-5-3-7-14(29)20(11)31-21/h3-8,16,24-26,28,31,34-36H,9-10H2,1-2H3/t16-,24-,25-,26-,28-/m1/s1. The Morgan fingerprint density at radius 3 is 2.46 bits per heavy atom. The smallest absolute Gasteiger partial charge is 0.254 e. The minimum atomic E-state index is -1.42. The molecule has 5 aromatic rings. The van der Waals surface area contributed by atoms with Gasteiger partial charge in [-0.3, -0.25) is 4.79 Å². The molecule has 5 atom stereocenters. The van der Waals surface area contributed by atoms with Crippen LogP contribution in [0.5, 0.6) is 0 Å². The third-order valence-corrected chi connectivity index (χ3v) is 8.79. The van der Waals surface area contributed by atoms with Crippen LogP contribution in [0.2, 0.25) is 10.0 Å². The van der Waals surface area contributed by atoms with E-state index in [0.717, 1.165) is 21.7 Å². The van der Waals surface area contributed by atoms with E-state index in [4.69, 9.17) is 32.7 Å². The number of benzene rings is 3. The van der Waals surface area contributed by atoms with Crippen LogP contribution in [0.25, 0.3) is 43.6 Å². The number of hydrogen-bond acceptors (Lipinski definition) is 6. The summed E-state index contributed by atoms with van der Waals surface area (Å²) in [6.45, 7) is -0.0586. The lowest BCUT2D eigenvalue weighted by molar-refractivity contribution is -0.255. The first-order valence-corrected chi connectivity index (χ1v) is 13.3. The number of aromatic amines is 1. The molecule has 0 saturated carbocycles. The lowest BCUT2D eigenvalue weighted by Gasteiger charge is -2.42. The molecule has 39 heavy (non-hydrogen) atoms. The van der Waals surface area contributed by atoms with E-state index in [0.29, 0.717) is 49.6 Å². The number of carbonyl (C=O) groups excluding carboxylic acids is 1. The van der Waals surface area contributed by atoms with Gasteiger partial charge in [-0.05, 0) is 17.7 Å². The fraction of sp³-hybridized carbons (Fsp3) is 0.321. The lowest BCUT2D eigenvalue weighted by atomic mass is 9.96. The predicted molar refractivity (Wildman–Crippen MR) is 148 cm³/mol. The molecule has 0 bridgehead atoms. The second kappa shape index (κ2) is 8.81. The summed E-state index contributed by atoms with van der Waals surface area (Å²) >= 11 is 13.4. The van der Waals surface area contributed by atoms with E-state index in [1.807, 2.05) is 24.3 Å². The average Bonchev–Trinajstić information content (AvgIpc) is 3.56. The van der Waals surface area contributed by atoms with Crippen molar-refractivity contribution in [3.8, 4) is 0 Å². The number of halogens is 2. The monoisotopic (exact) mass is 569 g/mol. The number of nitrogens with zero attached hydrogens (tertiary/aromatic N) is 2. The van der Waals surface area contributed by atoms with Gasteiger partial charge in [0.05, 0.1) is 44.3 Å². The number of methoxy groups -OCH3 is 1. The van der Waals surface area contributed by atoms with Crippen molar-refractivity contribution in [3.05, 3.63) is 57.6 Å². The van der Waals surface area contributed by atoms with Gasteiger partial charge in [-0.25, -0.2) is 0 Å². The molecule has 0 spiro atoms. The minimum absolute atomic E-state index is 0.103. The van der Waals surface area contributed by atoms with Crippen LogP contribution in [0.15, 0.2) is 36.4 Å². The quantitative estimate of drug-likeness (QED) is 0.261. The van der Waals surface area contributed by atoms with Crippen LogP contribution in [-0.4, -0.2) is 80.9 Å². The first-order valence-electron chi connectivity index (χ1n) is 12.6. The SMILES string of the molecule is CO[C@H]1[C@H](O)[C@@H](O)[C@H](n2c3c(Cl)cccc3c3c4c(c5c6cccc(Cl)c6[nH]c5c32)C(=O)N(C)C4)O[C@@H]1CO. The predicted octanol–water partition coefficient (Wildman–Crippen LogP) is 3.95. The highest BCUT2D eigenvalue weighted by Crippen LogP contribution is 2.48. The second-order valence-corrected chi connectivity index (χ2v) is 11.0. The van der Waals surface area contributed by atoms with E-state index < -0.39 is 37.3 Å². The Hall–Kier alpha value is -2.89. The number of fused-ring (bicyclic) bond motifs is 10. The van der Waals surface area contributed by atoms with Crippen LogP contribution in [0.4, 0.5) is 0 Å². The number of ether oxygens (including phenoxy) is 2. The molecule has 0 aliphatic carbocycles. The maximum Gasteiger partial charge on any atom is 0.254 e. The van der Waals surface area contributed by atoms with Crippen LogP contribution >= 0.6 is 23.2 Å². The van der Waals surface area contributed by atoms with Crippen molar-refractivity contribution in [1.82, 2.24) is 14.5 Å². The van der Waals surface area contributed by atoms with Gasteiger partial charge >= 0.3 is 0 Å². The van der Waals surface area contributed by atoms with E-state index in [1.54, 1.807) is 28.6 Å². The third-order valence-electron chi connectivity index (χ3n) is 8.17. The summed E-state index contributed by atoms with van der Waals surface area (Å²) in [4.78, 5) is 18.7. The largest absolute Gasteiger partial charge is 0.394 e. The maximum absolute atomic E-state index is 13.5. The number of nitrogens with one attached hydrogen (secondary N) is 1. The number of rotatable bonds is 3.